The Bertz CT molecular complexity index is 1690. The van der Waals surface area contributed by atoms with Gasteiger partial charge in [0.2, 0.25) is 0 Å². The van der Waals surface area contributed by atoms with Crippen molar-refractivity contribution >= 4 is 34.3 Å². The van der Waals surface area contributed by atoms with Gasteiger partial charge in [-0.1, -0.05) is 41.5 Å². The number of aryl methyl sites for hydroxylation is 2. The van der Waals surface area contributed by atoms with Crippen molar-refractivity contribution in [1.29, 1.82) is 0 Å². The van der Waals surface area contributed by atoms with Crippen LogP contribution in [-0.4, -0.2) is 34.7 Å². The Hall–Kier alpha value is -4.27. The fourth-order valence-corrected chi connectivity index (χ4v) is 6.01. The summed E-state index contributed by atoms with van der Waals surface area (Å²) in [7, 11) is 1.35. The van der Waals surface area contributed by atoms with Gasteiger partial charge < -0.3 is 18.8 Å². The van der Waals surface area contributed by atoms with E-state index < -0.39 is 30.4 Å². The molecular formula is C32H28N2O5S. The minimum absolute atomic E-state index is 0.380. The van der Waals surface area contributed by atoms with Gasteiger partial charge in [-0.3, -0.25) is 0 Å². The molecule has 7 nitrogen and oxygen atoms in total. The van der Waals surface area contributed by atoms with Gasteiger partial charge in [0.1, 0.15) is 24.1 Å². The van der Waals surface area contributed by atoms with Gasteiger partial charge in [0, 0.05) is 34.6 Å². The molecule has 202 valence electrons. The molecule has 6 rings (SSSR count). The van der Waals surface area contributed by atoms with Gasteiger partial charge in [-0.2, -0.15) is 0 Å². The van der Waals surface area contributed by atoms with Crippen LogP contribution in [0.25, 0.3) is 21.5 Å². The minimum Gasteiger partial charge on any atom is -0.465 e. The summed E-state index contributed by atoms with van der Waals surface area (Å²) in [5, 5.41) is 3.06. The van der Waals surface area contributed by atoms with E-state index >= 15 is 0 Å². The van der Waals surface area contributed by atoms with Crippen LogP contribution in [0.2, 0.25) is 0 Å². The van der Waals surface area contributed by atoms with Crippen LogP contribution in [0.5, 0.6) is 0 Å². The zero-order valence-corrected chi connectivity index (χ0v) is 23.2. The lowest BCUT2D eigenvalue weighted by Gasteiger charge is -2.22. The van der Waals surface area contributed by atoms with Crippen molar-refractivity contribution in [3.05, 3.63) is 112 Å². The van der Waals surface area contributed by atoms with Crippen molar-refractivity contribution in [2.45, 2.75) is 38.7 Å². The molecule has 1 fully saturated rings. The van der Waals surface area contributed by atoms with E-state index in [1.807, 2.05) is 67.1 Å². The molecule has 0 N–H and O–H groups in total. The monoisotopic (exact) mass is 552 g/mol. The number of methoxy groups -OCH3 is 1. The maximum absolute atomic E-state index is 13.2. The molecule has 0 unspecified atom stereocenters. The number of fused-ring (bicyclic) bond motifs is 1. The van der Waals surface area contributed by atoms with E-state index in [4.69, 9.17) is 14.2 Å². The number of hydrogen-bond acceptors (Lipinski definition) is 7. The smallest absolute Gasteiger partial charge is 0.338 e. The third-order valence-electron chi connectivity index (χ3n) is 7.25. The first-order chi connectivity index (χ1) is 19.4. The Morgan fingerprint density at radius 2 is 1.80 bits per heavy atom. The normalized spacial score (nSPS) is 18.6. The van der Waals surface area contributed by atoms with Crippen LogP contribution in [0.1, 0.15) is 56.2 Å². The van der Waals surface area contributed by atoms with Crippen LogP contribution in [0.15, 0.2) is 84.5 Å². The standard InChI is InChI=1S/C32H28N2O5S/c1-19-6-9-21(10-7-19)31(35)38-26-18-28(39-29(26)25-17-20(2)8-11-24(25)32(36)37-3)34-15-13-23-22(12-14-33-30(23)34)27-5-4-16-40-27/h4-17,26,28-29H,18H2,1-3H3/t26-,28+,29+/m0/s1. The summed E-state index contributed by atoms with van der Waals surface area (Å²) >= 11 is 1.67. The lowest BCUT2D eigenvalue weighted by molar-refractivity contribution is -0.0291. The van der Waals surface area contributed by atoms with Gasteiger partial charge in [-0.05, 0) is 61.2 Å². The van der Waals surface area contributed by atoms with Gasteiger partial charge >= 0.3 is 11.9 Å². The van der Waals surface area contributed by atoms with E-state index in [0.717, 1.165) is 32.6 Å². The highest BCUT2D eigenvalue weighted by atomic mass is 32.1. The molecule has 40 heavy (non-hydrogen) atoms. The fourth-order valence-electron chi connectivity index (χ4n) is 5.24. The van der Waals surface area contributed by atoms with E-state index in [1.54, 1.807) is 35.7 Å². The maximum Gasteiger partial charge on any atom is 0.338 e. The second kappa shape index (κ2) is 10.7. The molecule has 0 bridgehead atoms. The Labute approximate surface area is 236 Å². The summed E-state index contributed by atoms with van der Waals surface area (Å²) in [4.78, 5) is 31.8. The van der Waals surface area contributed by atoms with E-state index in [-0.39, 0.29) is 0 Å². The molecule has 0 saturated carbocycles. The molecule has 2 aromatic carbocycles. The molecule has 0 spiro atoms. The van der Waals surface area contributed by atoms with Crippen molar-refractivity contribution in [1.82, 2.24) is 9.55 Å². The number of carbonyl (C=O) groups is 2. The predicted octanol–water partition coefficient (Wildman–Crippen LogP) is 7.05. The predicted molar refractivity (Wildman–Crippen MR) is 153 cm³/mol. The first kappa shape index (κ1) is 26.0. The molecule has 5 aromatic rings. The number of rotatable bonds is 6. The molecule has 1 aliphatic rings. The molecular weight excluding hydrogens is 524 g/mol. The summed E-state index contributed by atoms with van der Waals surface area (Å²) in [6.07, 6.45) is 2.32. The molecule has 4 heterocycles. The molecule has 0 amide bonds. The highest BCUT2D eigenvalue weighted by Crippen LogP contribution is 2.44. The van der Waals surface area contributed by atoms with Crippen molar-refractivity contribution < 1.29 is 23.8 Å². The number of benzene rings is 2. The van der Waals surface area contributed by atoms with Crippen LogP contribution in [-0.2, 0) is 14.2 Å². The molecule has 1 aliphatic heterocycles. The average Bonchev–Trinajstić information content (AvgIpc) is 3.73. The van der Waals surface area contributed by atoms with Gasteiger partial charge in [-0.25, -0.2) is 14.6 Å². The third-order valence-corrected chi connectivity index (χ3v) is 8.16. The largest absolute Gasteiger partial charge is 0.465 e. The highest BCUT2D eigenvalue weighted by molar-refractivity contribution is 7.13. The van der Waals surface area contributed by atoms with Crippen molar-refractivity contribution in [3.63, 3.8) is 0 Å². The molecule has 3 atom stereocenters. The quantitative estimate of drug-likeness (QED) is 0.210. The number of ether oxygens (including phenoxy) is 3. The highest BCUT2D eigenvalue weighted by Gasteiger charge is 2.42. The second-order valence-corrected chi connectivity index (χ2v) is 10.9. The van der Waals surface area contributed by atoms with Gasteiger partial charge in [-0.15, -0.1) is 11.3 Å². The lowest BCUT2D eigenvalue weighted by Crippen LogP contribution is -2.23. The Kier molecular flexibility index (Phi) is 6.96. The second-order valence-electron chi connectivity index (χ2n) is 9.94. The van der Waals surface area contributed by atoms with E-state index in [9.17, 15) is 9.59 Å². The van der Waals surface area contributed by atoms with Gasteiger partial charge in [0.15, 0.2) is 0 Å². The number of thiophene rings is 1. The maximum atomic E-state index is 13.2. The Morgan fingerprint density at radius 3 is 2.55 bits per heavy atom. The molecule has 0 aliphatic carbocycles. The number of aromatic nitrogens is 2. The number of pyridine rings is 1. The van der Waals surface area contributed by atoms with E-state index in [1.165, 1.54) is 7.11 Å². The first-order valence-corrected chi connectivity index (χ1v) is 13.9. The topological polar surface area (TPSA) is 79.7 Å². The zero-order valence-electron chi connectivity index (χ0n) is 22.4. The van der Waals surface area contributed by atoms with E-state index in [2.05, 4.69) is 16.4 Å². The van der Waals surface area contributed by atoms with Crippen LogP contribution >= 0.6 is 11.3 Å². The summed E-state index contributed by atoms with van der Waals surface area (Å²) in [5.74, 6) is -0.915. The van der Waals surface area contributed by atoms with Gasteiger partial charge in [0.25, 0.3) is 0 Å². The SMILES string of the molecule is COC(=O)c1ccc(C)cc1[C@H]1O[C@@H](n2ccc3c(-c4cccs4)ccnc32)C[C@@H]1OC(=O)c1ccc(C)cc1. The number of carbonyl (C=O) groups excluding carboxylic acids is 2. The molecule has 8 heteroatoms. The molecule has 1 saturated heterocycles. The third kappa shape index (κ3) is 4.80. The van der Waals surface area contributed by atoms with Crippen molar-refractivity contribution in [2.75, 3.05) is 7.11 Å². The summed E-state index contributed by atoms with van der Waals surface area (Å²) in [6.45, 7) is 3.91. The van der Waals surface area contributed by atoms with Crippen LogP contribution in [0, 0.1) is 13.8 Å². The summed E-state index contributed by atoms with van der Waals surface area (Å²) in [5.41, 5.74) is 5.34. The lowest BCUT2D eigenvalue weighted by atomic mass is 9.96. The van der Waals surface area contributed by atoms with Crippen molar-refractivity contribution in [3.8, 4) is 10.4 Å². The summed E-state index contributed by atoms with van der Waals surface area (Å²) < 4.78 is 19.8. The Balaban J connectivity index is 1.39. The van der Waals surface area contributed by atoms with Crippen LogP contribution in [0.3, 0.4) is 0 Å². The first-order valence-electron chi connectivity index (χ1n) is 13.0. The Morgan fingerprint density at radius 1 is 1.00 bits per heavy atom. The van der Waals surface area contributed by atoms with Crippen molar-refractivity contribution in [2.24, 2.45) is 0 Å². The molecule has 0 radical (unpaired) electrons. The fraction of sp³-hybridized carbons (Fsp3) is 0.219. The average molecular weight is 553 g/mol. The number of hydrogen-bond donors (Lipinski definition) is 0. The molecule has 3 aromatic heterocycles. The van der Waals surface area contributed by atoms with Crippen LogP contribution in [0.4, 0.5) is 0 Å². The summed E-state index contributed by atoms with van der Waals surface area (Å²) in [6, 6.07) is 20.9. The zero-order chi connectivity index (χ0) is 27.8. The van der Waals surface area contributed by atoms with Crippen LogP contribution < -0.4 is 0 Å². The van der Waals surface area contributed by atoms with Gasteiger partial charge in [0.05, 0.1) is 18.2 Å². The minimum atomic E-state index is -0.689. The number of esters is 2. The number of nitrogens with zero attached hydrogens (tertiary/aromatic N) is 2. The van der Waals surface area contributed by atoms with E-state index in [0.29, 0.717) is 23.1 Å².